The van der Waals surface area contributed by atoms with Gasteiger partial charge in [0.2, 0.25) is 5.91 Å². The van der Waals surface area contributed by atoms with Crippen LogP contribution in [0, 0.1) is 11.7 Å². The Morgan fingerprint density at radius 2 is 1.86 bits per heavy atom. The van der Waals surface area contributed by atoms with E-state index in [4.69, 9.17) is 0 Å². The number of carbonyl (C=O) groups excluding carboxylic acids is 4. The molecule has 0 aliphatic carbocycles. The van der Waals surface area contributed by atoms with Gasteiger partial charge in [-0.3, -0.25) is 24.6 Å². The fourth-order valence-electron chi connectivity index (χ4n) is 2.79. The van der Waals surface area contributed by atoms with Gasteiger partial charge in [-0.25, -0.2) is 18.1 Å². The zero-order valence-electron chi connectivity index (χ0n) is 16.9. The Bertz CT molecular complexity index is 898. The van der Waals surface area contributed by atoms with Gasteiger partial charge in [0.1, 0.15) is 5.82 Å². The molecule has 0 aromatic heterocycles. The van der Waals surface area contributed by atoms with E-state index in [2.05, 4.69) is 4.72 Å². The maximum Gasteiger partial charge on any atom is 0.330 e. The molecule has 0 bridgehead atoms. The van der Waals surface area contributed by atoms with Crippen molar-refractivity contribution in [3.8, 4) is 0 Å². The highest BCUT2D eigenvalue weighted by molar-refractivity contribution is 7.84. The van der Waals surface area contributed by atoms with Crippen LogP contribution in [0.3, 0.4) is 0 Å². The van der Waals surface area contributed by atoms with Gasteiger partial charge in [-0.2, -0.15) is 0 Å². The Hall–Kier alpha value is -2.46. The van der Waals surface area contributed by atoms with E-state index < -0.39 is 63.1 Å². The molecule has 2 N–H and O–H groups in total. The molecule has 1 aliphatic rings. The number of nitrogens with one attached hydrogen (secondary N) is 2. The van der Waals surface area contributed by atoms with Crippen LogP contribution in [0.1, 0.15) is 39.7 Å². The van der Waals surface area contributed by atoms with Crippen molar-refractivity contribution in [2.24, 2.45) is 5.92 Å². The molecular formula is C19H24FN3O5S. The predicted octanol–water partition coefficient (Wildman–Crippen LogP) is 1.38. The van der Waals surface area contributed by atoms with Gasteiger partial charge in [-0.05, 0) is 45.4 Å². The minimum absolute atomic E-state index is 0.330. The third-order valence-corrected chi connectivity index (χ3v) is 6.31. The third-order valence-electron chi connectivity index (χ3n) is 4.56. The largest absolute Gasteiger partial charge is 0.330 e. The normalized spacial score (nSPS) is 20.8. The molecule has 0 saturated carbocycles. The number of urea groups is 1. The monoisotopic (exact) mass is 425 g/mol. The minimum Gasteiger partial charge on any atom is -0.298 e. The second-order valence-corrected chi connectivity index (χ2v) is 10.1. The maximum atomic E-state index is 13.8. The van der Waals surface area contributed by atoms with Crippen LogP contribution in [0.5, 0.6) is 0 Å². The van der Waals surface area contributed by atoms with Crippen molar-refractivity contribution in [1.82, 2.24) is 14.9 Å². The number of halogens is 1. The molecule has 0 spiro atoms. The summed E-state index contributed by atoms with van der Waals surface area (Å²) in [7, 11) is -0.484. The first-order valence-electron chi connectivity index (χ1n) is 8.87. The van der Waals surface area contributed by atoms with Gasteiger partial charge < -0.3 is 0 Å². The second-order valence-electron chi connectivity index (χ2n) is 8.09. The molecule has 2 unspecified atom stereocenters. The first-order valence-corrected chi connectivity index (χ1v) is 10.0. The Kier molecular flexibility index (Phi) is 6.39. The zero-order chi connectivity index (χ0) is 22.1. The van der Waals surface area contributed by atoms with Crippen molar-refractivity contribution in [1.29, 1.82) is 0 Å². The number of nitrogens with zero attached hydrogens (tertiary/aromatic N) is 1. The molecule has 2 rings (SSSR count). The molecule has 1 aromatic carbocycles. The van der Waals surface area contributed by atoms with Crippen molar-refractivity contribution < 1.29 is 27.8 Å². The molecule has 1 aromatic rings. The lowest BCUT2D eigenvalue weighted by atomic mass is 9.83. The van der Waals surface area contributed by atoms with E-state index >= 15 is 0 Å². The number of ketones is 1. The van der Waals surface area contributed by atoms with Crippen LogP contribution in [0.4, 0.5) is 9.18 Å². The minimum atomic E-state index is -1.71. The van der Waals surface area contributed by atoms with Crippen LogP contribution in [0.2, 0.25) is 0 Å². The van der Waals surface area contributed by atoms with Crippen molar-refractivity contribution in [3.63, 3.8) is 0 Å². The van der Waals surface area contributed by atoms with E-state index in [0.29, 0.717) is 10.5 Å². The number of rotatable bonds is 6. The Balaban J connectivity index is 2.40. The smallest absolute Gasteiger partial charge is 0.298 e. The SMILES string of the molecule is CN1C(=O)NC(=O)C(C(=O)C[C@@](C)(NS(=O)C(C)(C)C)c2cccc(F)c2)C1=O. The van der Waals surface area contributed by atoms with Crippen molar-refractivity contribution in [2.75, 3.05) is 7.05 Å². The number of hydrogen-bond donors (Lipinski definition) is 2. The summed E-state index contributed by atoms with van der Waals surface area (Å²) in [6, 6.07) is 4.51. The number of benzene rings is 1. The van der Waals surface area contributed by atoms with Crippen molar-refractivity contribution in [2.45, 2.75) is 44.4 Å². The van der Waals surface area contributed by atoms with E-state index in [1.54, 1.807) is 33.8 Å². The summed E-state index contributed by atoms with van der Waals surface area (Å²) in [5, 5.41) is 1.96. The molecular weight excluding hydrogens is 401 g/mol. The predicted molar refractivity (Wildman–Crippen MR) is 104 cm³/mol. The quantitative estimate of drug-likeness (QED) is 0.669. The average molecular weight is 425 g/mol. The van der Waals surface area contributed by atoms with Crippen LogP contribution in [-0.4, -0.2) is 44.5 Å². The molecule has 4 amide bonds. The van der Waals surface area contributed by atoms with Gasteiger partial charge >= 0.3 is 6.03 Å². The molecule has 10 heteroatoms. The number of amides is 4. The number of hydrogen-bond acceptors (Lipinski definition) is 5. The van der Waals surface area contributed by atoms with E-state index in [-0.39, 0.29) is 0 Å². The van der Waals surface area contributed by atoms with Crippen molar-refractivity contribution >= 4 is 34.6 Å². The topological polar surface area (TPSA) is 113 Å². The first kappa shape index (κ1) is 22.8. The lowest BCUT2D eigenvalue weighted by Crippen LogP contribution is -2.59. The summed E-state index contributed by atoms with van der Waals surface area (Å²) in [5.74, 6) is -5.00. The zero-order valence-corrected chi connectivity index (χ0v) is 17.7. The summed E-state index contributed by atoms with van der Waals surface area (Å²) in [6.07, 6.45) is -0.426. The third kappa shape index (κ3) is 4.94. The Morgan fingerprint density at radius 3 is 2.41 bits per heavy atom. The van der Waals surface area contributed by atoms with Crippen molar-refractivity contribution in [3.05, 3.63) is 35.6 Å². The molecule has 29 heavy (non-hydrogen) atoms. The number of carbonyl (C=O) groups is 4. The number of barbiturate groups is 1. The fraction of sp³-hybridized carbons (Fsp3) is 0.474. The van der Waals surface area contributed by atoms with Gasteiger partial charge in [0.15, 0.2) is 11.7 Å². The summed E-state index contributed by atoms with van der Waals surface area (Å²) in [6.45, 7) is 6.72. The molecule has 1 aliphatic heterocycles. The molecule has 1 heterocycles. The number of Topliss-reactive ketones (excluding diaryl/α,β-unsaturated/α-hetero) is 1. The van der Waals surface area contributed by atoms with Gasteiger partial charge in [0, 0.05) is 13.5 Å². The average Bonchev–Trinajstić information content (AvgIpc) is 2.58. The van der Waals surface area contributed by atoms with E-state index in [1.165, 1.54) is 18.2 Å². The van der Waals surface area contributed by atoms with Gasteiger partial charge in [0.05, 0.1) is 21.3 Å². The van der Waals surface area contributed by atoms with E-state index in [9.17, 15) is 27.8 Å². The Morgan fingerprint density at radius 1 is 1.24 bits per heavy atom. The van der Waals surface area contributed by atoms with Crippen LogP contribution in [0.25, 0.3) is 0 Å². The van der Waals surface area contributed by atoms with Gasteiger partial charge in [-0.1, -0.05) is 12.1 Å². The van der Waals surface area contributed by atoms with Crippen LogP contribution < -0.4 is 10.0 Å². The van der Waals surface area contributed by atoms with Crippen LogP contribution >= 0.6 is 0 Å². The Labute approximate surface area is 170 Å². The highest BCUT2D eigenvalue weighted by Crippen LogP contribution is 2.30. The molecule has 1 saturated heterocycles. The summed E-state index contributed by atoms with van der Waals surface area (Å²) < 4.78 is 28.7. The fourth-order valence-corrected chi connectivity index (χ4v) is 3.69. The summed E-state index contributed by atoms with van der Waals surface area (Å²) in [4.78, 5) is 49.6. The van der Waals surface area contributed by atoms with Gasteiger partial charge in [-0.15, -0.1) is 0 Å². The van der Waals surface area contributed by atoms with Crippen LogP contribution in [0.15, 0.2) is 24.3 Å². The summed E-state index contributed by atoms with van der Waals surface area (Å²) >= 11 is 0. The lowest BCUT2D eigenvalue weighted by Gasteiger charge is -2.35. The van der Waals surface area contributed by atoms with Crippen LogP contribution in [-0.2, 0) is 30.9 Å². The second kappa shape index (κ2) is 8.11. The first-order chi connectivity index (χ1) is 13.3. The van der Waals surface area contributed by atoms with E-state index in [1.807, 2.05) is 5.32 Å². The molecule has 0 radical (unpaired) electrons. The van der Waals surface area contributed by atoms with E-state index in [0.717, 1.165) is 7.05 Å². The molecule has 1 fully saturated rings. The number of imide groups is 2. The molecule has 3 atom stereocenters. The molecule has 8 nitrogen and oxygen atoms in total. The molecule has 158 valence electrons. The highest BCUT2D eigenvalue weighted by Gasteiger charge is 2.46. The summed E-state index contributed by atoms with van der Waals surface area (Å²) in [5.41, 5.74) is -1.01. The highest BCUT2D eigenvalue weighted by atomic mass is 32.2. The lowest BCUT2D eigenvalue weighted by molar-refractivity contribution is -0.147. The standard InChI is InChI=1S/C19H24FN3O5S/c1-18(2,3)29(28)22-19(4,11-7-6-8-12(20)9-11)10-13(24)14-15(25)21-17(27)23(5)16(14)26/h6-9,14,22H,10H2,1-5H3,(H,21,25,27)/t14?,19-,29?/m1/s1. The van der Waals surface area contributed by atoms with Gasteiger partial charge in [0.25, 0.3) is 5.91 Å². The maximum absolute atomic E-state index is 13.8.